The summed E-state index contributed by atoms with van der Waals surface area (Å²) in [6, 6.07) is 10.8. The molecule has 96 valence electrons. The molecule has 4 aromatic rings. The largest absolute Gasteiger partial charge is 0.268 e. The monoisotopic (exact) mass is 264 g/mol. The van der Waals surface area contributed by atoms with Crippen LogP contribution in [-0.2, 0) is 0 Å². The van der Waals surface area contributed by atoms with Gasteiger partial charge < -0.3 is 0 Å². The van der Waals surface area contributed by atoms with Crippen molar-refractivity contribution in [3.63, 3.8) is 0 Å². The summed E-state index contributed by atoms with van der Waals surface area (Å²) in [5.41, 5.74) is 1.85. The molecular formula is C13H8N6O. The van der Waals surface area contributed by atoms with Crippen LogP contribution in [0.5, 0.6) is 0 Å². The molecule has 0 atom stereocenters. The number of benzene rings is 1. The molecule has 0 bridgehead atoms. The Morgan fingerprint density at radius 1 is 1.10 bits per heavy atom. The van der Waals surface area contributed by atoms with Gasteiger partial charge in [-0.05, 0) is 29.5 Å². The first-order valence-electron chi connectivity index (χ1n) is 5.98. The van der Waals surface area contributed by atoms with Gasteiger partial charge in [0.25, 0.3) is 5.56 Å². The third-order valence-corrected chi connectivity index (χ3v) is 3.12. The molecule has 0 unspecified atom stereocenters. The molecular weight excluding hydrogens is 256 g/mol. The second kappa shape index (κ2) is 3.95. The van der Waals surface area contributed by atoms with Gasteiger partial charge in [-0.15, -0.1) is 10.2 Å². The third kappa shape index (κ3) is 1.50. The Balaban J connectivity index is 2.10. The van der Waals surface area contributed by atoms with Gasteiger partial charge >= 0.3 is 0 Å². The van der Waals surface area contributed by atoms with Crippen LogP contribution < -0.4 is 5.56 Å². The van der Waals surface area contributed by atoms with Gasteiger partial charge in [0, 0.05) is 11.8 Å². The summed E-state index contributed by atoms with van der Waals surface area (Å²) in [5.74, 6) is 0.437. The summed E-state index contributed by atoms with van der Waals surface area (Å²) >= 11 is 0. The molecule has 0 aliphatic rings. The Bertz CT molecular complexity index is 973. The van der Waals surface area contributed by atoms with Crippen molar-refractivity contribution in [3.8, 4) is 11.4 Å². The summed E-state index contributed by atoms with van der Waals surface area (Å²) < 4.78 is 1.49. The van der Waals surface area contributed by atoms with Crippen LogP contribution in [0.4, 0.5) is 0 Å². The van der Waals surface area contributed by atoms with Crippen molar-refractivity contribution in [2.75, 3.05) is 0 Å². The maximum Gasteiger partial charge on any atom is 0.265 e. The number of rotatable bonds is 1. The van der Waals surface area contributed by atoms with Crippen molar-refractivity contribution in [2.24, 2.45) is 0 Å². The number of nitrogens with zero attached hydrogens (tertiary/aromatic N) is 5. The number of pyridine rings is 1. The van der Waals surface area contributed by atoms with E-state index < -0.39 is 0 Å². The number of para-hydroxylation sites is 1. The number of aromatic amines is 1. The lowest BCUT2D eigenvalue weighted by atomic mass is 10.2. The Labute approximate surface area is 111 Å². The van der Waals surface area contributed by atoms with E-state index in [0.29, 0.717) is 27.9 Å². The topological polar surface area (TPSA) is 88.8 Å². The highest BCUT2D eigenvalue weighted by molar-refractivity contribution is 5.79. The zero-order chi connectivity index (χ0) is 13.5. The second-order valence-electron chi connectivity index (χ2n) is 4.32. The fraction of sp³-hybridized carbons (Fsp3) is 0. The van der Waals surface area contributed by atoms with E-state index in [9.17, 15) is 4.79 Å². The Morgan fingerprint density at radius 3 is 2.85 bits per heavy atom. The smallest absolute Gasteiger partial charge is 0.265 e. The normalized spacial score (nSPS) is 11.2. The third-order valence-electron chi connectivity index (χ3n) is 3.12. The Hall–Kier alpha value is -3.09. The minimum Gasteiger partial charge on any atom is -0.268 e. The van der Waals surface area contributed by atoms with Crippen LogP contribution in [0, 0.1) is 0 Å². The van der Waals surface area contributed by atoms with Gasteiger partial charge in [0.05, 0.1) is 10.9 Å². The van der Waals surface area contributed by atoms with Crippen molar-refractivity contribution in [3.05, 3.63) is 52.9 Å². The molecule has 1 aromatic carbocycles. The first-order chi connectivity index (χ1) is 9.83. The van der Waals surface area contributed by atoms with Crippen LogP contribution in [0.1, 0.15) is 0 Å². The van der Waals surface area contributed by atoms with Crippen LogP contribution in [0.25, 0.3) is 27.9 Å². The van der Waals surface area contributed by atoms with Gasteiger partial charge in [-0.1, -0.05) is 12.1 Å². The summed E-state index contributed by atoms with van der Waals surface area (Å²) in [5, 5.41) is 14.3. The molecule has 3 aromatic heterocycles. The zero-order valence-corrected chi connectivity index (χ0v) is 10.2. The van der Waals surface area contributed by atoms with Crippen LogP contribution in [0.15, 0.2) is 47.4 Å². The molecule has 0 aliphatic heterocycles. The predicted molar refractivity (Wildman–Crippen MR) is 72.1 cm³/mol. The maximum absolute atomic E-state index is 12.5. The van der Waals surface area contributed by atoms with E-state index in [1.165, 1.54) is 4.40 Å². The molecule has 7 heteroatoms. The van der Waals surface area contributed by atoms with Crippen LogP contribution >= 0.6 is 0 Å². The zero-order valence-electron chi connectivity index (χ0n) is 10.2. The van der Waals surface area contributed by atoms with Crippen molar-refractivity contribution in [1.82, 2.24) is 30.0 Å². The van der Waals surface area contributed by atoms with E-state index in [1.807, 2.05) is 18.2 Å². The summed E-state index contributed by atoms with van der Waals surface area (Å²) in [6.45, 7) is 0. The standard InChI is InChI=1S/C13H8N6O/c20-13-9-3-1-2-4-10(9)14-11-6-5-8(7-19(11)13)12-15-17-18-16-12/h1-7H,(H,15,16,17,18). The molecule has 7 nitrogen and oxygen atoms in total. The highest BCUT2D eigenvalue weighted by Crippen LogP contribution is 2.15. The number of hydrogen-bond acceptors (Lipinski definition) is 5. The van der Waals surface area contributed by atoms with E-state index in [0.717, 1.165) is 0 Å². The number of aromatic nitrogens is 6. The van der Waals surface area contributed by atoms with Gasteiger partial charge in [-0.25, -0.2) is 4.98 Å². The molecule has 20 heavy (non-hydrogen) atoms. The average molecular weight is 264 g/mol. The SMILES string of the molecule is O=c1c2ccccc2nc2ccc(-c3nn[nH]n3)cn12. The number of H-pyrrole nitrogens is 1. The van der Waals surface area contributed by atoms with Crippen molar-refractivity contribution in [1.29, 1.82) is 0 Å². The summed E-state index contributed by atoms with van der Waals surface area (Å²) in [6.07, 6.45) is 1.67. The number of tetrazole rings is 1. The predicted octanol–water partition coefficient (Wildman–Crippen LogP) is 1.03. The summed E-state index contributed by atoms with van der Waals surface area (Å²) in [4.78, 5) is 16.9. The number of hydrogen-bond donors (Lipinski definition) is 1. The van der Waals surface area contributed by atoms with Gasteiger partial charge in [0.1, 0.15) is 5.65 Å². The fourth-order valence-electron chi connectivity index (χ4n) is 2.17. The lowest BCUT2D eigenvalue weighted by molar-refractivity contribution is 0.881. The van der Waals surface area contributed by atoms with E-state index in [4.69, 9.17) is 0 Å². The van der Waals surface area contributed by atoms with Crippen molar-refractivity contribution in [2.45, 2.75) is 0 Å². The van der Waals surface area contributed by atoms with Gasteiger partial charge in [-0.3, -0.25) is 9.20 Å². The van der Waals surface area contributed by atoms with E-state index >= 15 is 0 Å². The van der Waals surface area contributed by atoms with Gasteiger partial charge in [-0.2, -0.15) is 5.21 Å². The van der Waals surface area contributed by atoms with E-state index in [-0.39, 0.29) is 5.56 Å². The van der Waals surface area contributed by atoms with Crippen molar-refractivity contribution >= 4 is 16.6 Å². The lowest BCUT2D eigenvalue weighted by Gasteiger charge is -2.04. The fourth-order valence-corrected chi connectivity index (χ4v) is 2.17. The molecule has 1 N–H and O–H groups in total. The van der Waals surface area contributed by atoms with Crippen LogP contribution in [-0.4, -0.2) is 30.0 Å². The van der Waals surface area contributed by atoms with E-state index in [1.54, 1.807) is 24.4 Å². The minimum atomic E-state index is -0.115. The molecule has 0 radical (unpaired) electrons. The van der Waals surface area contributed by atoms with Crippen LogP contribution in [0.3, 0.4) is 0 Å². The molecule has 0 amide bonds. The summed E-state index contributed by atoms with van der Waals surface area (Å²) in [7, 11) is 0. The first kappa shape index (κ1) is 10.8. The first-order valence-corrected chi connectivity index (χ1v) is 5.98. The number of fused-ring (bicyclic) bond motifs is 2. The molecule has 0 spiro atoms. The Kier molecular flexibility index (Phi) is 2.13. The Morgan fingerprint density at radius 2 is 2.00 bits per heavy atom. The second-order valence-corrected chi connectivity index (χ2v) is 4.32. The quantitative estimate of drug-likeness (QED) is 0.519. The molecule has 4 rings (SSSR count). The molecule has 0 fully saturated rings. The lowest BCUT2D eigenvalue weighted by Crippen LogP contribution is -2.15. The van der Waals surface area contributed by atoms with Gasteiger partial charge in [0.15, 0.2) is 0 Å². The molecule has 3 heterocycles. The van der Waals surface area contributed by atoms with Crippen LogP contribution in [0.2, 0.25) is 0 Å². The van der Waals surface area contributed by atoms with Crippen molar-refractivity contribution < 1.29 is 0 Å². The average Bonchev–Trinajstić information content (AvgIpc) is 3.02. The maximum atomic E-state index is 12.5. The minimum absolute atomic E-state index is 0.115. The number of nitrogens with one attached hydrogen (secondary N) is 1. The molecule has 0 saturated heterocycles. The molecule has 0 aliphatic carbocycles. The van der Waals surface area contributed by atoms with Gasteiger partial charge in [0.2, 0.25) is 5.82 Å². The highest BCUT2D eigenvalue weighted by Gasteiger charge is 2.08. The molecule has 0 saturated carbocycles. The highest BCUT2D eigenvalue weighted by atomic mass is 16.1. The van der Waals surface area contributed by atoms with E-state index in [2.05, 4.69) is 25.6 Å².